The molecule has 1 saturated heterocycles. The van der Waals surface area contributed by atoms with Gasteiger partial charge in [-0.3, -0.25) is 9.69 Å². The molecule has 154 valence electrons. The Hall–Kier alpha value is -2.43. The van der Waals surface area contributed by atoms with E-state index in [0.29, 0.717) is 13.0 Å². The van der Waals surface area contributed by atoms with Crippen LogP contribution in [0.4, 0.5) is 0 Å². The number of hydrogen-bond donors (Lipinski definition) is 1. The van der Waals surface area contributed by atoms with Crippen LogP contribution in [0.15, 0.2) is 60.2 Å². The number of nitrogens with zero attached hydrogens (tertiary/aromatic N) is 2. The first kappa shape index (κ1) is 21.3. The minimum atomic E-state index is 0.0302. The maximum Gasteiger partial charge on any atom is 0.247 e. The molecule has 1 N–H and O–H groups in total. The predicted molar refractivity (Wildman–Crippen MR) is 121 cm³/mol. The van der Waals surface area contributed by atoms with Crippen LogP contribution in [-0.2, 0) is 4.79 Å². The van der Waals surface area contributed by atoms with Crippen LogP contribution >= 0.6 is 0 Å². The van der Waals surface area contributed by atoms with Crippen molar-refractivity contribution in [3.05, 3.63) is 76.9 Å². The maximum atomic E-state index is 12.9. The predicted octanol–water partition coefficient (Wildman–Crippen LogP) is 3.89. The van der Waals surface area contributed by atoms with E-state index in [-0.39, 0.29) is 11.9 Å². The van der Waals surface area contributed by atoms with Gasteiger partial charge in [-0.15, -0.1) is 0 Å². The van der Waals surface area contributed by atoms with Gasteiger partial charge in [-0.1, -0.05) is 67.1 Å². The minimum absolute atomic E-state index is 0.0302. The highest BCUT2D eigenvalue weighted by Crippen LogP contribution is 2.22. The highest BCUT2D eigenvalue weighted by molar-refractivity contribution is 5.97. The number of carbonyl (C=O) groups is 1. The zero-order chi connectivity index (χ0) is 20.6. The molecule has 3 rings (SSSR count). The number of nitrogens with one attached hydrogen (secondary N) is 1. The first-order valence-corrected chi connectivity index (χ1v) is 10.6. The van der Waals surface area contributed by atoms with Crippen molar-refractivity contribution in [3.63, 3.8) is 0 Å². The monoisotopic (exact) mass is 391 g/mol. The van der Waals surface area contributed by atoms with Crippen molar-refractivity contribution in [2.45, 2.75) is 26.3 Å². The van der Waals surface area contributed by atoms with Crippen LogP contribution in [0.1, 0.15) is 36.1 Å². The largest absolute Gasteiger partial charge is 0.350 e. The van der Waals surface area contributed by atoms with Crippen LogP contribution in [0.25, 0.3) is 6.08 Å². The van der Waals surface area contributed by atoms with Crippen molar-refractivity contribution in [2.24, 2.45) is 0 Å². The van der Waals surface area contributed by atoms with Crippen molar-refractivity contribution >= 4 is 12.0 Å². The van der Waals surface area contributed by atoms with Crippen molar-refractivity contribution in [3.8, 4) is 0 Å². The normalized spacial score (nSPS) is 17.1. The van der Waals surface area contributed by atoms with Gasteiger partial charge in [0.05, 0.1) is 6.04 Å². The molecule has 29 heavy (non-hydrogen) atoms. The Balaban J connectivity index is 1.72. The Bertz CT molecular complexity index is 806. The van der Waals surface area contributed by atoms with Crippen LogP contribution in [0, 0.1) is 6.92 Å². The highest BCUT2D eigenvalue weighted by Gasteiger charge is 2.24. The first-order valence-electron chi connectivity index (χ1n) is 10.6. The van der Waals surface area contributed by atoms with E-state index in [4.69, 9.17) is 0 Å². The Kier molecular flexibility index (Phi) is 7.62. The summed E-state index contributed by atoms with van der Waals surface area (Å²) in [6.45, 7) is 8.92. The summed E-state index contributed by atoms with van der Waals surface area (Å²) < 4.78 is 0. The third-order valence-electron chi connectivity index (χ3n) is 5.71. The van der Waals surface area contributed by atoms with E-state index >= 15 is 0 Å². The van der Waals surface area contributed by atoms with Crippen LogP contribution in [-0.4, -0.2) is 55.5 Å². The van der Waals surface area contributed by atoms with E-state index in [1.807, 2.05) is 43.3 Å². The zero-order valence-electron chi connectivity index (χ0n) is 17.9. The lowest BCUT2D eigenvalue weighted by atomic mass is 10.0. The number of rotatable bonds is 7. The summed E-state index contributed by atoms with van der Waals surface area (Å²) in [4.78, 5) is 17.8. The molecule has 1 atom stereocenters. The van der Waals surface area contributed by atoms with Crippen molar-refractivity contribution < 1.29 is 4.79 Å². The second-order valence-electron chi connectivity index (χ2n) is 7.91. The number of hydrogen-bond acceptors (Lipinski definition) is 3. The molecule has 0 spiro atoms. The van der Waals surface area contributed by atoms with Gasteiger partial charge in [0.15, 0.2) is 0 Å². The van der Waals surface area contributed by atoms with Crippen molar-refractivity contribution in [2.75, 3.05) is 39.8 Å². The molecular weight excluding hydrogens is 358 g/mol. The smallest absolute Gasteiger partial charge is 0.247 e. The standard InChI is InChI=1S/C25H33N3O/c1-4-22(18-21-8-6-5-7-9-21)25(29)26-19-24(23-12-10-20(2)11-13-23)28-16-14-27(3)15-17-28/h5-13,18,24H,4,14-17,19H2,1-3H3,(H,26,29)/b22-18+. The number of benzene rings is 2. The highest BCUT2D eigenvalue weighted by atomic mass is 16.1. The summed E-state index contributed by atoms with van der Waals surface area (Å²) >= 11 is 0. The number of carbonyl (C=O) groups excluding carboxylic acids is 1. The Labute approximate surface area is 175 Å². The molecule has 1 unspecified atom stereocenters. The summed E-state index contributed by atoms with van der Waals surface area (Å²) in [5.74, 6) is 0.0302. The fourth-order valence-electron chi connectivity index (χ4n) is 3.76. The van der Waals surface area contributed by atoms with Crippen LogP contribution in [0.5, 0.6) is 0 Å². The third-order valence-corrected chi connectivity index (χ3v) is 5.71. The fraction of sp³-hybridized carbons (Fsp3) is 0.400. The molecule has 1 aliphatic heterocycles. The van der Waals surface area contributed by atoms with Gasteiger partial charge in [-0.25, -0.2) is 0 Å². The molecule has 0 aliphatic carbocycles. The molecule has 4 nitrogen and oxygen atoms in total. The number of aryl methyl sites for hydroxylation is 1. The van der Waals surface area contributed by atoms with Gasteiger partial charge in [0.25, 0.3) is 0 Å². The molecule has 1 fully saturated rings. The maximum absolute atomic E-state index is 12.9. The van der Waals surface area contributed by atoms with Gasteiger partial charge >= 0.3 is 0 Å². The van der Waals surface area contributed by atoms with Crippen LogP contribution in [0.3, 0.4) is 0 Å². The van der Waals surface area contributed by atoms with Gasteiger partial charge in [0.2, 0.25) is 5.91 Å². The van der Waals surface area contributed by atoms with E-state index in [0.717, 1.165) is 37.3 Å². The molecule has 1 aliphatic rings. The Morgan fingerprint density at radius 2 is 1.69 bits per heavy atom. The molecule has 2 aromatic rings. The molecule has 0 bridgehead atoms. The molecular formula is C25H33N3O. The van der Waals surface area contributed by atoms with E-state index < -0.39 is 0 Å². The lowest BCUT2D eigenvalue weighted by molar-refractivity contribution is -0.117. The molecule has 4 heteroatoms. The molecule has 1 heterocycles. The average Bonchev–Trinajstić information content (AvgIpc) is 2.75. The minimum Gasteiger partial charge on any atom is -0.350 e. The quantitative estimate of drug-likeness (QED) is 0.727. The number of likely N-dealkylation sites (N-methyl/N-ethyl adjacent to an activating group) is 1. The number of piperazine rings is 1. The topological polar surface area (TPSA) is 35.6 Å². The summed E-state index contributed by atoms with van der Waals surface area (Å²) in [6, 6.07) is 19.0. The van der Waals surface area contributed by atoms with Crippen molar-refractivity contribution in [1.82, 2.24) is 15.1 Å². The average molecular weight is 392 g/mol. The van der Waals surface area contributed by atoms with Gasteiger partial charge in [0, 0.05) is 38.3 Å². The van der Waals surface area contributed by atoms with Gasteiger partial charge in [0.1, 0.15) is 0 Å². The first-order chi connectivity index (χ1) is 14.1. The van der Waals surface area contributed by atoms with E-state index in [2.05, 4.69) is 53.4 Å². The number of amides is 1. The molecule has 2 aromatic carbocycles. The Morgan fingerprint density at radius 3 is 2.31 bits per heavy atom. The summed E-state index contributed by atoms with van der Waals surface area (Å²) in [6.07, 6.45) is 2.70. The third kappa shape index (κ3) is 6.02. The molecule has 0 radical (unpaired) electrons. The molecule has 0 saturated carbocycles. The van der Waals surface area contributed by atoms with E-state index in [9.17, 15) is 4.79 Å². The van der Waals surface area contributed by atoms with Gasteiger partial charge in [-0.2, -0.15) is 0 Å². The SMILES string of the molecule is CC/C(=C\c1ccccc1)C(=O)NCC(c1ccc(C)cc1)N1CCN(C)CC1. The van der Waals surface area contributed by atoms with Crippen molar-refractivity contribution in [1.29, 1.82) is 0 Å². The lowest BCUT2D eigenvalue weighted by Crippen LogP contribution is -2.48. The fourth-order valence-corrected chi connectivity index (χ4v) is 3.76. The van der Waals surface area contributed by atoms with E-state index in [1.165, 1.54) is 11.1 Å². The second kappa shape index (κ2) is 10.4. The van der Waals surface area contributed by atoms with E-state index in [1.54, 1.807) is 0 Å². The zero-order valence-corrected chi connectivity index (χ0v) is 17.9. The summed E-state index contributed by atoms with van der Waals surface area (Å²) in [5, 5.41) is 3.21. The van der Waals surface area contributed by atoms with Gasteiger partial charge in [-0.05, 0) is 37.6 Å². The van der Waals surface area contributed by atoms with Crippen LogP contribution in [0.2, 0.25) is 0 Å². The molecule has 0 aromatic heterocycles. The van der Waals surface area contributed by atoms with Gasteiger partial charge < -0.3 is 10.2 Å². The molecule has 1 amide bonds. The lowest BCUT2D eigenvalue weighted by Gasteiger charge is -2.38. The summed E-state index contributed by atoms with van der Waals surface area (Å²) in [7, 11) is 2.17. The van der Waals surface area contributed by atoms with Crippen LogP contribution < -0.4 is 5.32 Å². The second-order valence-corrected chi connectivity index (χ2v) is 7.91. The Morgan fingerprint density at radius 1 is 1.03 bits per heavy atom. The summed E-state index contributed by atoms with van der Waals surface area (Å²) in [5.41, 5.74) is 4.41.